The van der Waals surface area contributed by atoms with Gasteiger partial charge >= 0.3 is 0 Å². The van der Waals surface area contributed by atoms with Crippen LogP contribution in [0, 0.1) is 0 Å². The third-order valence-electron chi connectivity index (χ3n) is 4.41. The van der Waals surface area contributed by atoms with E-state index in [0.717, 1.165) is 32.2 Å². The lowest BCUT2D eigenvalue weighted by atomic mass is 9.80. The van der Waals surface area contributed by atoms with Crippen LogP contribution in [0.25, 0.3) is 0 Å². The normalized spacial score (nSPS) is 16.0. The molecule has 0 spiro atoms. The van der Waals surface area contributed by atoms with Crippen molar-refractivity contribution in [3.05, 3.63) is 59.9 Å². The summed E-state index contributed by atoms with van der Waals surface area (Å²) in [5.74, 6) is -0.113. The third-order valence-corrected chi connectivity index (χ3v) is 4.41. The van der Waals surface area contributed by atoms with Gasteiger partial charge in [-0.2, -0.15) is 0 Å². The average Bonchev–Trinajstić information content (AvgIpc) is 2.98. The molecule has 0 saturated heterocycles. The first-order valence-corrected chi connectivity index (χ1v) is 7.86. The summed E-state index contributed by atoms with van der Waals surface area (Å²) < 4.78 is 1.97. The van der Waals surface area contributed by atoms with Gasteiger partial charge in [-0.25, -0.2) is 0 Å². The van der Waals surface area contributed by atoms with Crippen LogP contribution in [0.4, 0.5) is 0 Å². The number of aliphatic hydroxyl groups is 1. The molecular formula is C18H22N2O2. The maximum atomic E-state index is 12.3. The van der Waals surface area contributed by atoms with E-state index in [0.29, 0.717) is 12.2 Å². The van der Waals surface area contributed by atoms with Crippen molar-refractivity contribution in [3.8, 4) is 0 Å². The van der Waals surface area contributed by atoms with Gasteiger partial charge < -0.3 is 15.0 Å². The standard InChI is InChI=1S/C18H22N2O2/c21-17(19-14-18(22)10-5-11-18)16-8-4-12-20(16)13-9-15-6-2-1-3-7-15/h1-4,6-8,12,22H,5,9-11,13-14H2,(H,19,21). The van der Waals surface area contributed by atoms with Gasteiger partial charge in [-0.05, 0) is 43.4 Å². The monoisotopic (exact) mass is 298 g/mol. The number of hydrogen-bond donors (Lipinski definition) is 2. The molecule has 0 radical (unpaired) electrons. The summed E-state index contributed by atoms with van der Waals surface area (Å²) in [5.41, 5.74) is 1.22. The molecule has 3 rings (SSSR count). The summed E-state index contributed by atoms with van der Waals surface area (Å²) in [4.78, 5) is 12.3. The van der Waals surface area contributed by atoms with Crippen molar-refractivity contribution < 1.29 is 9.90 Å². The fraction of sp³-hybridized carbons (Fsp3) is 0.389. The maximum Gasteiger partial charge on any atom is 0.268 e. The van der Waals surface area contributed by atoms with Gasteiger partial charge in [0.2, 0.25) is 0 Å². The van der Waals surface area contributed by atoms with Crippen molar-refractivity contribution in [3.63, 3.8) is 0 Å². The molecule has 0 atom stereocenters. The van der Waals surface area contributed by atoms with Crippen LogP contribution in [-0.4, -0.2) is 27.7 Å². The SMILES string of the molecule is O=C(NCC1(O)CCC1)c1cccn1CCc1ccccc1. The number of rotatable bonds is 6. The zero-order valence-corrected chi connectivity index (χ0v) is 12.7. The first-order valence-electron chi connectivity index (χ1n) is 7.86. The van der Waals surface area contributed by atoms with E-state index in [1.165, 1.54) is 5.56 Å². The summed E-state index contributed by atoms with van der Waals surface area (Å²) in [6.45, 7) is 1.11. The van der Waals surface area contributed by atoms with E-state index in [4.69, 9.17) is 0 Å². The number of hydrogen-bond acceptors (Lipinski definition) is 2. The fourth-order valence-electron chi connectivity index (χ4n) is 2.81. The second-order valence-corrected chi connectivity index (χ2v) is 6.08. The predicted octanol–water partition coefficient (Wildman–Crippen LogP) is 2.38. The first kappa shape index (κ1) is 14.9. The van der Waals surface area contributed by atoms with Crippen LogP contribution in [-0.2, 0) is 13.0 Å². The molecular weight excluding hydrogens is 276 g/mol. The fourth-order valence-corrected chi connectivity index (χ4v) is 2.81. The van der Waals surface area contributed by atoms with E-state index in [1.807, 2.05) is 41.1 Å². The van der Waals surface area contributed by atoms with Crippen LogP contribution in [0.2, 0.25) is 0 Å². The molecule has 1 aromatic heterocycles. The molecule has 0 bridgehead atoms. The second-order valence-electron chi connectivity index (χ2n) is 6.08. The van der Waals surface area contributed by atoms with Crippen LogP contribution in [0.3, 0.4) is 0 Å². The third kappa shape index (κ3) is 3.39. The molecule has 1 aliphatic rings. The highest BCUT2D eigenvalue weighted by molar-refractivity contribution is 5.92. The van der Waals surface area contributed by atoms with E-state index in [2.05, 4.69) is 17.4 Å². The van der Waals surface area contributed by atoms with Crippen molar-refractivity contribution in [2.75, 3.05) is 6.54 Å². The van der Waals surface area contributed by atoms with Crippen molar-refractivity contribution in [2.45, 2.75) is 37.8 Å². The number of carbonyl (C=O) groups is 1. The minimum atomic E-state index is -0.683. The molecule has 1 fully saturated rings. The molecule has 1 aliphatic carbocycles. The van der Waals surface area contributed by atoms with E-state index in [9.17, 15) is 9.90 Å². The van der Waals surface area contributed by atoms with E-state index in [1.54, 1.807) is 0 Å². The van der Waals surface area contributed by atoms with Gasteiger partial charge in [-0.3, -0.25) is 4.79 Å². The Kier molecular flexibility index (Phi) is 4.29. The van der Waals surface area contributed by atoms with Crippen LogP contribution in [0.15, 0.2) is 48.7 Å². The van der Waals surface area contributed by atoms with Crippen LogP contribution in [0.5, 0.6) is 0 Å². The number of aryl methyl sites for hydroxylation is 2. The Balaban J connectivity index is 1.58. The van der Waals surface area contributed by atoms with Crippen molar-refractivity contribution in [1.29, 1.82) is 0 Å². The number of aromatic nitrogens is 1. The summed E-state index contributed by atoms with van der Waals surface area (Å²) in [6.07, 6.45) is 5.42. The smallest absolute Gasteiger partial charge is 0.268 e. The Hall–Kier alpha value is -2.07. The highest BCUT2D eigenvalue weighted by Crippen LogP contribution is 2.30. The zero-order valence-electron chi connectivity index (χ0n) is 12.7. The summed E-state index contributed by atoms with van der Waals surface area (Å²) >= 11 is 0. The molecule has 22 heavy (non-hydrogen) atoms. The van der Waals surface area contributed by atoms with Crippen molar-refractivity contribution in [2.24, 2.45) is 0 Å². The lowest BCUT2D eigenvalue weighted by molar-refractivity contribution is -0.0301. The number of amides is 1. The maximum absolute atomic E-state index is 12.3. The van der Waals surface area contributed by atoms with Gasteiger partial charge in [0.15, 0.2) is 0 Å². The Morgan fingerprint density at radius 2 is 1.95 bits per heavy atom. The number of nitrogens with one attached hydrogen (secondary N) is 1. The summed E-state index contributed by atoms with van der Waals surface area (Å²) in [7, 11) is 0. The van der Waals surface area contributed by atoms with Gasteiger partial charge in [-0.15, -0.1) is 0 Å². The lowest BCUT2D eigenvalue weighted by Gasteiger charge is -2.36. The Morgan fingerprint density at radius 1 is 1.18 bits per heavy atom. The molecule has 0 unspecified atom stereocenters. The van der Waals surface area contributed by atoms with Gasteiger partial charge in [0.25, 0.3) is 5.91 Å². The number of carbonyl (C=O) groups excluding carboxylic acids is 1. The molecule has 116 valence electrons. The van der Waals surface area contributed by atoms with Crippen LogP contribution < -0.4 is 5.32 Å². The highest BCUT2D eigenvalue weighted by atomic mass is 16.3. The molecule has 1 amide bonds. The molecule has 2 N–H and O–H groups in total. The molecule has 2 aromatic rings. The quantitative estimate of drug-likeness (QED) is 0.860. The summed E-state index contributed by atoms with van der Waals surface area (Å²) in [6, 6.07) is 14.0. The predicted molar refractivity (Wildman–Crippen MR) is 85.7 cm³/mol. The topological polar surface area (TPSA) is 54.3 Å². The largest absolute Gasteiger partial charge is 0.388 e. The summed E-state index contributed by atoms with van der Waals surface area (Å²) in [5, 5.41) is 12.9. The van der Waals surface area contributed by atoms with Gasteiger partial charge in [-0.1, -0.05) is 30.3 Å². The Bertz CT molecular complexity index is 630. The molecule has 0 aliphatic heterocycles. The van der Waals surface area contributed by atoms with Crippen molar-refractivity contribution in [1.82, 2.24) is 9.88 Å². The number of nitrogens with zero attached hydrogens (tertiary/aromatic N) is 1. The van der Waals surface area contributed by atoms with E-state index < -0.39 is 5.60 Å². The second kappa shape index (κ2) is 6.36. The van der Waals surface area contributed by atoms with Gasteiger partial charge in [0, 0.05) is 19.3 Å². The molecule has 1 heterocycles. The highest BCUT2D eigenvalue weighted by Gasteiger charge is 2.34. The van der Waals surface area contributed by atoms with E-state index in [-0.39, 0.29) is 5.91 Å². The Morgan fingerprint density at radius 3 is 2.64 bits per heavy atom. The van der Waals surface area contributed by atoms with E-state index >= 15 is 0 Å². The molecule has 1 saturated carbocycles. The van der Waals surface area contributed by atoms with Crippen LogP contribution >= 0.6 is 0 Å². The molecule has 4 nitrogen and oxygen atoms in total. The Labute approximate surface area is 130 Å². The minimum absolute atomic E-state index is 0.113. The lowest BCUT2D eigenvalue weighted by Crippen LogP contribution is -2.48. The van der Waals surface area contributed by atoms with Gasteiger partial charge in [0.1, 0.15) is 5.69 Å². The molecule has 1 aromatic carbocycles. The van der Waals surface area contributed by atoms with Crippen LogP contribution in [0.1, 0.15) is 35.3 Å². The number of benzene rings is 1. The molecule has 4 heteroatoms. The van der Waals surface area contributed by atoms with Gasteiger partial charge in [0.05, 0.1) is 5.60 Å². The average molecular weight is 298 g/mol. The minimum Gasteiger partial charge on any atom is -0.388 e. The zero-order chi connectivity index (χ0) is 15.4. The first-order chi connectivity index (χ1) is 10.7. The van der Waals surface area contributed by atoms with Crippen molar-refractivity contribution >= 4 is 5.91 Å².